The first-order valence-corrected chi connectivity index (χ1v) is 24.1. The number of likely N-dealkylation sites (tertiary alicyclic amines) is 1. The summed E-state index contributed by atoms with van der Waals surface area (Å²) in [5, 5.41) is 8.13. The summed E-state index contributed by atoms with van der Waals surface area (Å²) < 4.78 is 14.2. The summed E-state index contributed by atoms with van der Waals surface area (Å²) in [5.74, 6) is -2.37. The third kappa shape index (κ3) is 10.3. The molecular weight excluding hydrogens is 859 g/mol. The van der Waals surface area contributed by atoms with Crippen molar-refractivity contribution in [3.8, 4) is 22.5 Å². The quantitative estimate of drug-likeness (QED) is 0.192. The lowest BCUT2D eigenvalue weighted by molar-refractivity contribution is -0.155. The number of nitrogens with one attached hydrogen (secondary N) is 2. The van der Waals surface area contributed by atoms with Gasteiger partial charge in [-0.25, -0.2) is 10.4 Å². The number of carbonyl (C=O) groups is 5. The first kappa shape index (κ1) is 48.7. The van der Waals surface area contributed by atoms with Crippen LogP contribution in [0.1, 0.15) is 83.2 Å². The van der Waals surface area contributed by atoms with E-state index in [2.05, 4.69) is 60.3 Å². The van der Waals surface area contributed by atoms with Crippen LogP contribution >= 0.6 is 11.3 Å². The molecule has 6 heterocycles. The van der Waals surface area contributed by atoms with Crippen LogP contribution in [0.5, 0.6) is 0 Å². The number of esters is 1. The standard InChI is InChI=1S/C49H67N9O7S/c1-11-57-39-17-16-31-22-34(39)35(44(57)33-14-12-19-50-42(33)30(4)64-10)24-49(5,6)28-65-48(63)36-15-13-20-58(53-36)47(62)37(23-40-51-38(31)27-66-40)52-45(60)43(29(2)3)55(9)46(61)32-18-21-56(25-32)41(59)26-54(7)8/h12,14,16-17,19,22,27,29-30,32,36-37,43,53H,11,13,15,18,20-21,23-26,28H2,1-10H3,(H,52,60)/t30-,32-,36-,37-,43?/m0/s1. The van der Waals surface area contributed by atoms with E-state index in [1.807, 2.05) is 46.3 Å². The van der Waals surface area contributed by atoms with Gasteiger partial charge in [0, 0.05) is 85.8 Å². The number of hydrazine groups is 1. The molecule has 66 heavy (non-hydrogen) atoms. The predicted molar refractivity (Wildman–Crippen MR) is 254 cm³/mol. The lowest BCUT2D eigenvalue weighted by Crippen LogP contribution is -2.62. The molecule has 356 valence electrons. The fraction of sp³-hybridized carbons (Fsp3) is 0.571. The molecule has 0 radical (unpaired) electrons. The summed E-state index contributed by atoms with van der Waals surface area (Å²) in [6, 6.07) is 7.65. The first-order valence-electron chi connectivity index (χ1n) is 23.2. The predicted octanol–water partition coefficient (Wildman–Crippen LogP) is 5.10. The number of likely N-dealkylation sites (N-methyl/N-ethyl adjacent to an activating group) is 2. The summed E-state index contributed by atoms with van der Waals surface area (Å²) in [6.45, 7) is 14.2. The number of methoxy groups -OCH3 is 1. The largest absolute Gasteiger partial charge is 0.464 e. The Morgan fingerprint density at radius 2 is 1.86 bits per heavy atom. The maximum absolute atomic E-state index is 14.6. The Morgan fingerprint density at radius 3 is 2.58 bits per heavy atom. The molecule has 16 nitrogen and oxygen atoms in total. The molecule has 2 fully saturated rings. The lowest BCUT2D eigenvalue weighted by atomic mass is 9.84. The highest BCUT2D eigenvalue weighted by molar-refractivity contribution is 7.10. The maximum atomic E-state index is 14.6. The molecule has 0 saturated carbocycles. The minimum atomic E-state index is -1.08. The second-order valence-electron chi connectivity index (χ2n) is 19.5. The zero-order valence-corrected chi connectivity index (χ0v) is 41.0. The van der Waals surface area contributed by atoms with Gasteiger partial charge in [-0.05, 0) is 89.4 Å². The number of aromatic nitrogens is 3. The summed E-state index contributed by atoms with van der Waals surface area (Å²) in [7, 11) is 6.96. The van der Waals surface area contributed by atoms with E-state index in [9.17, 15) is 24.0 Å². The zero-order valence-electron chi connectivity index (χ0n) is 40.2. The number of aryl methyl sites for hydroxylation is 1. The van der Waals surface area contributed by atoms with Crippen molar-refractivity contribution in [2.75, 3.05) is 61.0 Å². The Morgan fingerprint density at radius 1 is 1.09 bits per heavy atom. The van der Waals surface area contributed by atoms with E-state index in [0.717, 1.165) is 44.7 Å². The number of cyclic esters (lactones) is 1. The molecular formula is C49H67N9O7S. The minimum Gasteiger partial charge on any atom is -0.464 e. The molecule has 4 aromatic rings. The Kier molecular flexibility index (Phi) is 15.0. The van der Waals surface area contributed by atoms with Gasteiger partial charge >= 0.3 is 5.97 Å². The number of thiazole rings is 1. The third-order valence-corrected chi connectivity index (χ3v) is 14.0. The van der Waals surface area contributed by atoms with Crippen molar-refractivity contribution >= 4 is 51.8 Å². The molecule has 7 rings (SSSR count). The number of pyridine rings is 1. The molecule has 2 saturated heterocycles. The van der Waals surface area contributed by atoms with Crippen LogP contribution in [-0.4, -0.2) is 143 Å². The molecule has 4 amide bonds. The van der Waals surface area contributed by atoms with Crippen molar-refractivity contribution in [1.29, 1.82) is 0 Å². The van der Waals surface area contributed by atoms with Crippen molar-refractivity contribution in [2.45, 2.75) is 104 Å². The highest BCUT2D eigenvalue weighted by atomic mass is 32.1. The zero-order chi connectivity index (χ0) is 47.6. The van der Waals surface area contributed by atoms with Crippen LogP contribution in [-0.2, 0) is 52.8 Å². The van der Waals surface area contributed by atoms with E-state index in [4.69, 9.17) is 19.4 Å². The van der Waals surface area contributed by atoms with Gasteiger partial charge in [0.25, 0.3) is 5.91 Å². The van der Waals surface area contributed by atoms with Crippen molar-refractivity contribution in [3.05, 3.63) is 58.2 Å². The maximum Gasteiger partial charge on any atom is 0.324 e. The molecule has 3 aliphatic rings. The number of fused-ring (bicyclic) bond motifs is 6. The summed E-state index contributed by atoms with van der Waals surface area (Å²) in [5.41, 5.74) is 9.28. The highest BCUT2D eigenvalue weighted by Crippen LogP contribution is 2.42. The van der Waals surface area contributed by atoms with Crippen LogP contribution in [0.2, 0.25) is 0 Å². The average Bonchev–Trinajstić information content (AvgIpc) is 4.05. The Hall–Kier alpha value is -5.23. The molecule has 0 aliphatic carbocycles. The van der Waals surface area contributed by atoms with E-state index in [1.165, 1.54) is 21.2 Å². The molecule has 1 aromatic carbocycles. The van der Waals surface area contributed by atoms with Gasteiger partial charge in [-0.2, -0.15) is 0 Å². The van der Waals surface area contributed by atoms with E-state index in [-0.39, 0.29) is 50.0 Å². The molecule has 0 spiro atoms. The van der Waals surface area contributed by atoms with Crippen molar-refractivity contribution < 1.29 is 33.4 Å². The topological polar surface area (TPSA) is 172 Å². The molecule has 2 N–H and O–H groups in total. The minimum absolute atomic E-state index is 0.0425. The number of benzene rings is 1. The summed E-state index contributed by atoms with van der Waals surface area (Å²) in [4.78, 5) is 84.7. The van der Waals surface area contributed by atoms with E-state index in [1.54, 1.807) is 30.2 Å². The van der Waals surface area contributed by atoms with Gasteiger partial charge in [0.1, 0.15) is 18.1 Å². The van der Waals surface area contributed by atoms with E-state index < -0.39 is 47.2 Å². The number of carbonyl (C=O) groups excluding carboxylic acids is 5. The average molecular weight is 926 g/mol. The van der Waals surface area contributed by atoms with Gasteiger partial charge in [-0.3, -0.25) is 34.0 Å². The second-order valence-corrected chi connectivity index (χ2v) is 20.4. The van der Waals surface area contributed by atoms with Gasteiger partial charge in [0.2, 0.25) is 17.7 Å². The van der Waals surface area contributed by atoms with Crippen molar-refractivity contribution in [2.24, 2.45) is 17.3 Å². The molecule has 3 aliphatic heterocycles. The van der Waals surface area contributed by atoms with Gasteiger partial charge < -0.3 is 34.1 Å². The van der Waals surface area contributed by atoms with Crippen molar-refractivity contribution in [1.82, 2.24) is 45.0 Å². The number of hydrogen-bond donors (Lipinski definition) is 2. The normalized spacial score (nSPS) is 21.2. The smallest absolute Gasteiger partial charge is 0.324 e. The fourth-order valence-electron chi connectivity index (χ4n) is 9.73. The molecule has 5 atom stereocenters. The number of rotatable bonds is 11. The SMILES string of the molecule is CCn1c(-c2cccnc2[C@H](C)OC)c2c3cc(ccc31)-c1csc(n1)C[C@H](NC(=O)C(C(C)C)N(C)C(=O)[C@H]1CCN(C(=O)CN(C)C)C1)C(=O)N1CCC[C@H](N1)C(=O)OCC(C)(C)C2. The van der Waals surface area contributed by atoms with Crippen molar-refractivity contribution in [3.63, 3.8) is 0 Å². The monoisotopic (exact) mass is 925 g/mol. The van der Waals surface area contributed by atoms with Crippen LogP contribution in [0.25, 0.3) is 33.4 Å². The Bertz CT molecular complexity index is 2450. The molecule has 17 heteroatoms. The number of amides is 4. The fourth-order valence-corrected chi connectivity index (χ4v) is 10.6. The first-order chi connectivity index (χ1) is 31.4. The van der Waals surface area contributed by atoms with E-state index in [0.29, 0.717) is 50.3 Å². The van der Waals surface area contributed by atoms with Crippen LogP contribution in [0, 0.1) is 17.3 Å². The van der Waals surface area contributed by atoms with Crippen LogP contribution in [0.4, 0.5) is 0 Å². The number of nitrogens with zero attached hydrogens (tertiary/aromatic N) is 7. The van der Waals surface area contributed by atoms with Crippen LogP contribution in [0.15, 0.2) is 41.9 Å². The summed E-state index contributed by atoms with van der Waals surface area (Å²) >= 11 is 1.41. The Balaban J connectivity index is 1.25. The number of ether oxygens (including phenoxy) is 2. The molecule has 1 unspecified atom stereocenters. The van der Waals surface area contributed by atoms with Gasteiger partial charge in [-0.1, -0.05) is 33.8 Å². The highest BCUT2D eigenvalue weighted by Gasteiger charge is 2.40. The second kappa shape index (κ2) is 20.3. The summed E-state index contributed by atoms with van der Waals surface area (Å²) in [6.07, 6.45) is 3.70. The lowest BCUT2D eigenvalue weighted by Gasteiger charge is -2.37. The van der Waals surface area contributed by atoms with Gasteiger partial charge in [-0.15, -0.1) is 11.3 Å². The van der Waals surface area contributed by atoms with Crippen LogP contribution in [0.3, 0.4) is 0 Å². The van der Waals surface area contributed by atoms with Crippen LogP contribution < -0.4 is 10.7 Å². The molecule has 3 aromatic heterocycles. The van der Waals surface area contributed by atoms with Gasteiger partial charge in [0.15, 0.2) is 0 Å². The third-order valence-electron chi connectivity index (χ3n) is 13.2. The molecule has 6 bridgehead atoms. The van der Waals surface area contributed by atoms with E-state index >= 15 is 0 Å². The van der Waals surface area contributed by atoms with Gasteiger partial charge in [0.05, 0.1) is 47.3 Å². The Labute approximate surface area is 392 Å². The number of hydrogen-bond acceptors (Lipinski definition) is 12.